The van der Waals surface area contributed by atoms with E-state index in [9.17, 15) is 4.79 Å². The lowest BCUT2D eigenvalue weighted by Crippen LogP contribution is -2.51. The van der Waals surface area contributed by atoms with E-state index in [4.69, 9.17) is 0 Å². The van der Waals surface area contributed by atoms with Gasteiger partial charge < -0.3 is 5.32 Å². The predicted molar refractivity (Wildman–Crippen MR) is 91.4 cm³/mol. The standard InChI is InChI=1S/C19H37NO/c1-14(21)15-10-16(2,3)11-17(4,5)13-20-19(8,9)12-18(15,6)7/h15,20H,10-13H2,1-9H3. The SMILES string of the molecule is CC(=O)C1CC(C)(C)CC(C)(C)CNC(C)(C)CC1(C)C. The van der Waals surface area contributed by atoms with E-state index >= 15 is 0 Å². The fourth-order valence-electron chi connectivity index (χ4n) is 4.76. The maximum atomic E-state index is 12.3. The normalized spacial score (nSPS) is 31.4. The molecule has 0 aromatic heterocycles. The highest BCUT2D eigenvalue weighted by molar-refractivity contribution is 5.79. The summed E-state index contributed by atoms with van der Waals surface area (Å²) >= 11 is 0. The highest BCUT2D eigenvalue weighted by Crippen LogP contribution is 2.46. The molecule has 0 spiro atoms. The molecule has 1 atom stereocenters. The molecule has 2 nitrogen and oxygen atoms in total. The van der Waals surface area contributed by atoms with Crippen molar-refractivity contribution < 1.29 is 4.79 Å². The number of carbonyl (C=O) groups is 1. The van der Waals surface area contributed by atoms with Crippen molar-refractivity contribution in [2.24, 2.45) is 22.2 Å². The molecule has 0 saturated carbocycles. The maximum absolute atomic E-state index is 12.3. The number of hydrogen-bond donors (Lipinski definition) is 1. The van der Waals surface area contributed by atoms with Gasteiger partial charge in [0.2, 0.25) is 0 Å². The summed E-state index contributed by atoms with van der Waals surface area (Å²) in [6.45, 7) is 21.2. The van der Waals surface area contributed by atoms with Gasteiger partial charge in [0, 0.05) is 18.0 Å². The van der Waals surface area contributed by atoms with Gasteiger partial charge in [-0.05, 0) is 56.3 Å². The largest absolute Gasteiger partial charge is 0.311 e. The minimum atomic E-state index is 0.0289. The molecule has 0 aromatic carbocycles. The van der Waals surface area contributed by atoms with Crippen LogP contribution in [0.1, 0.15) is 81.6 Å². The van der Waals surface area contributed by atoms with E-state index in [0.29, 0.717) is 5.78 Å². The zero-order valence-electron chi connectivity index (χ0n) is 15.8. The van der Waals surface area contributed by atoms with Gasteiger partial charge in [0.15, 0.2) is 0 Å². The van der Waals surface area contributed by atoms with Gasteiger partial charge in [0.1, 0.15) is 5.78 Å². The van der Waals surface area contributed by atoms with Gasteiger partial charge in [0.05, 0.1) is 0 Å². The van der Waals surface area contributed by atoms with Crippen molar-refractivity contribution in [1.29, 1.82) is 0 Å². The summed E-state index contributed by atoms with van der Waals surface area (Å²) in [5.41, 5.74) is 0.543. The number of ketones is 1. The number of carbonyl (C=O) groups excluding carboxylic acids is 1. The molecule has 21 heavy (non-hydrogen) atoms. The molecule has 124 valence electrons. The van der Waals surface area contributed by atoms with Crippen molar-refractivity contribution in [3.05, 3.63) is 0 Å². The molecule has 1 N–H and O–H groups in total. The summed E-state index contributed by atoms with van der Waals surface area (Å²) in [6.07, 6.45) is 3.16. The van der Waals surface area contributed by atoms with Gasteiger partial charge in [-0.25, -0.2) is 0 Å². The first-order chi connectivity index (χ1) is 9.16. The van der Waals surface area contributed by atoms with Crippen molar-refractivity contribution in [3.8, 4) is 0 Å². The molecule has 0 amide bonds. The Hall–Kier alpha value is -0.370. The Morgan fingerprint density at radius 2 is 1.43 bits per heavy atom. The molecular weight excluding hydrogens is 258 g/mol. The molecule has 0 radical (unpaired) electrons. The van der Waals surface area contributed by atoms with Gasteiger partial charge in [-0.15, -0.1) is 0 Å². The summed E-state index contributed by atoms with van der Waals surface area (Å²) in [5.74, 6) is 0.490. The average Bonchev–Trinajstić information content (AvgIpc) is 2.19. The first-order valence-electron chi connectivity index (χ1n) is 8.41. The lowest BCUT2D eigenvalue weighted by molar-refractivity contribution is -0.126. The summed E-state index contributed by atoms with van der Waals surface area (Å²) in [6, 6.07) is 0. The Labute approximate surface area is 132 Å². The molecule has 1 unspecified atom stereocenters. The lowest BCUT2D eigenvalue weighted by atomic mass is 9.61. The zero-order chi connectivity index (χ0) is 16.7. The molecule has 1 rings (SSSR count). The van der Waals surface area contributed by atoms with E-state index < -0.39 is 0 Å². The Balaban J connectivity index is 3.19. The molecular formula is C19H37NO. The average molecular weight is 296 g/mol. The third kappa shape index (κ3) is 5.39. The fraction of sp³-hybridized carbons (Fsp3) is 0.947. The van der Waals surface area contributed by atoms with Gasteiger partial charge in [0.25, 0.3) is 0 Å². The van der Waals surface area contributed by atoms with E-state index in [1.165, 1.54) is 0 Å². The van der Waals surface area contributed by atoms with Crippen LogP contribution in [0.5, 0.6) is 0 Å². The molecule has 0 bridgehead atoms. The van der Waals surface area contributed by atoms with E-state index in [1.807, 2.05) is 0 Å². The van der Waals surface area contributed by atoms with Crippen molar-refractivity contribution in [1.82, 2.24) is 5.32 Å². The van der Waals surface area contributed by atoms with Crippen molar-refractivity contribution in [2.45, 2.75) is 87.1 Å². The Bertz CT molecular complexity index is 390. The van der Waals surface area contributed by atoms with Crippen LogP contribution in [-0.2, 0) is 4.79 Å². The molecule has 1 saturated heterocycles. The quantitative estimate of drug-likeness (QED) is 0.751. The van der Waals surface area contributed by atoms with E-state index in [1.54, 1.807) is 6.92 Å². The minimum Gasteiger partial charge on any atom is -0.311 e. The van der Waals surface area contributed by atoms with Crippen LogP contribution in [0.4, 0.5) is 0 Å². The fourth-order valence-corrected chi connectivity index (χ4v) is 4.76. The third-order valence-corrected chi connectivity index (χ3v) is 5.09. The molecule has 1 aliphatic rings. The lowest BCUT2D eigenvalue weighted by Gasteiger charge is -2.47. The number of Topliss-reactive ketones (excluding diaryl/α,β-unsaturated/α-hetero) is 1. The molecule has 2 heteroatoms. The second-order valence-electron chi connectivity index (χ2n) is 10.3. The number of nitrogens with one attached hydrogen (secondary N) is 1. The van der Waals surface area contributed by atoms with Gasteiger partial charge in [-0.3, -0.25) is 4.79 Å². The summed E-state index contributed by atoms with van der Waals surface area (Å²) in [4.78, 5) is 12.3. The second kappa shape index (κ2) is 5.68. The third-order valence-electron chi connectivity index (χ3n) is 5.09. The highest BCUT2D eigenvalue weighted by Gasteiger charge is 2.43. The van der Waals surface area contributed by atoms with E-state index in [-0.39, 0.29) is 27.7 Å². The maximum Gasteiger partial charge on any atom is 0.133 e. The van der Waals surface area contributed by atoms with Gasteiger partial charge in [-0.1, -0.05) is 41.5 Å². The molecule has 0 aliphatic carbocycles. The van der Waals surface area contributed by atoms with Crippen molar-refractivity contribution in [3.63, 3.8) is 0 Å². The van der Waals surface area contributed by atoms with Crippen LogP contribution in [0, 0.1) is 22.2 Å². The van der Waals surface area contributed by atoms with Crippen LogP contribution < -0.4 is 5.32 Å². The van der Waals surface area contributed by atoms with Crippen LogP contribution >= 0.6 is 0 Å². The first kappa shape index (κ1) is 18.7. The molecule has 1 aliphatic heterocycles. The number of hydrogen-bond acceptors (Lipinski definition) is 2. The van der Waals surface area contributed by atoms with E-state index in [0.717, 1.165) is 25.8 Å². The van der Waals surface area contributed by atoms with E-state index in [2.05, 4.69) is 60.7 Å². The number of rotatable bonds is 1. The van der Waals surface area contributed by atoms with Crippen LogP contribution in [0.2, 0.25) is 0 Å². The topological polar surface area (TPSA) is 29.1 Å². The molecule has 1 heterocycles. The minimum absolute atomic E-state index is 0.0289. The van der Waals surface area contributed by atoms with Crippen LogP contribution in [0.3, 0.4) is 0 Å². The van der Waals surface area contributed by atoms with Crippen molar-refractivity contribution >= 4 is 5.78 Å². The second-order valence-corrected chi connectivity index (χ2v) is 10.3. The molecule has 1 fully saturated rings. The van der Waals surface area contributed by atoms with Gasteiger partial charge >= 0.3 is 0 Å². The van der Waals surface area contributed by atoms with Crippen LogP contribution in [-0.4, -0.2) is 17.9 Å². The predicted octanol–water partition coefficient (Wildman–Crippen LogP) is 4.82. The van der Waals surface area contributed by atoms with Crippen molar-refractivity contribution in [2.75, 3.05) is 6.54 Å². The van der Waals surface area contributed by atoms with Crippen LogP contribution in [0.15, 0.2) is 0 Å². The zero-order valence-corrected chi connectivity index (χ0v) is 15.8. The summed E-state index contributed by atoms with van der Waals surface area (Å²) in [5, 5.41) is 3.76. The Morgan fingerprint density at radius 1 is 0.905 bits per heavy atom. The Kier molecular flexibility index (Phi) is 5.05. The smallest absolute Gasteiger partial charge is 0.133 e. The first-order valence-corrected chi connectivity index (χ1v) is 8.41. The van der Waals surface area contributed by atoms with Gasteiger partial charge in [-0.2, -0.15) is 0 Å². The van der Waals surface area contributed by atoms with Crippen LogP contribution in [0.25, 0.3) is 0 Å². The highest BCUT2D eigenvalue weighted by atomic mass is 16.1. The Morgan fingerprint density at radius 3 is 1.90 bits per heavy atom. The monoisotopic (exact) mass is 295 g/mol. The summed E-state index contributed by atoms with van der Waals surface area (Å²) < 4.78 is 0. The summed E-state index contributed by atoms with van der Waals surface area (Å²) in [7, 11) is 0. The molecule has 0 aromatic rings.